The average molecular weight is 392 g/mol. The summed E-state index contributed by atoms with van der Waals surface area (Å²) < 4.78 is 18.5. The molecule has 0 fully saturated rings. The molecule has 0 aromatic heterocycles. The number of halogens is 1. The first kappa shape index (κ1) is 20.1. The van der Waals surface area contributed by atoms with E-state index in [1.807, 2.05) is 13.8 Å². The summed E-state index contributed by atoms with van der Waals surface area (Å²) in [7, 11) is 0. The van der Waals surface area contributed by atoms with Crippen molar-refractivity contribution < 1.29 is 18.7 Å². The summed E-state index contributed by atoms with van der Waals surface area (Å²) in [6.07, 6.45) is 0.0541. The van der Waals surface area contributed by atoms with Crippen molar-refractivity contribution in [3.8, 4) is 5.75 Å². The van der Waals surface area contributed by atoms with Gasteiger partial charge in [0.25, 0.3) is 11.8 Å². The van der Waals surface area contributed by atoms with Gasteiger partial charge in [0.15, 0.2) is 0 Å². The number of benzene rings is 3. The Labute approximate surface area is 168 Å². The number of rotatable bonds is 6. The van der Waals surface area contributed by atoms with Gasteiger partial charge in [-0.2, -0.15) is 0 Å². The molecule has 148 valence electrons. The normalized spacial score (nSPS) is 10.5. The van der Waals surface area contributed by atoms with E-state index >= 15 is 0 Å². The number of carbonyl (C=O) groups excluding carboxylic acids is 2. The van der Waals surface area contributed by atoms with Crippen LogP contribution in [0.15, 0.2) is 72.8 Å². The summed E-state index contributed by atoms with van der Waals surface area (Å²) in [5, 5.41) is 5.46. The lowest BCUT2D eigenvalue weighted by Crippen LogP contribution is -2.14. The fraction of sp³-hybridized carbons (Fsp3) is 0.130. The Hall–Kier alpha value is -3.67. The minimum absolute atomic E-state index is 0.0541. The molecule has 0 saturated carbocycles. The van der Waals surface area contributed by atoms with Gasteiger partial charge in [0, 0.05) is 22.5 Å². The maximum Gasteiger partial charge on any atom is 0.255 e. The van der Waals surface area contributed by atoms with Crippen molar-refractivity contribution in [3.05, 3.63) is 89.7 Å². The van der Waals surface area contributed by atoms with Crippen LogP contribution in [0.2, 0.25) is 0 Å². The van der Waals surface area contributed by atoms with Crippen molar-refractivity contribution in [2.75, 3.05) is 10.6 Å². The monoisotopic (exact) mass is 392 g/mol. The molecule has 0 aliphatic carbocycles. The second-order valence-corrected chi connectivity index (χ2v) is 6.69. The highest BCUT2D eigenvalue weighted by atomic mass is 19.1. The standard InChI is InChI=1S/C23H21FN2O3/c1-15(2)29-21-12-6-16(7-13-21)22(27)26-20-5-3-4-17(14-20)23(28)25-19-10-8-18(24)9-11-19/h3-15H,1-2H3,(H,25,28)(H,26,27). The lowest BCUT2D eigenvalue weighted by Gasteiger charge is -2.11. The third-order valence-electron chi connectivity index (χ3n) is 3.97. The van der Waals surface area contributed by atoms with Crippen molar-refractivity contribution >= 4 is 23.2 Å². The van der Waals surface area contributed by atoms with Crippen LogP contribution in [0.1, 0.15) is 34.6 Å². The van der Waals surface area contributed by atoms with Crippen LogP contribution >= 0.6 is 0 Å². The molecule has 29 heavy (non-hydrogen) atoms. The SMILES string of the molecule is CC(C)Oc1ccc(C(=O)Nc2cccc(C(=O)Nc3ccc(F)cc3)c2)cc1. The zero-order valence-corrected chi connectivity index (χ0v) is 16.1. The molecule has 3 rings (SSSR count). The second kappa shape index (κ2) is 9.01. The van der Waals surface area contributed by atoms with Gasteiger partial charge in [0.1, 0.15) is 11.6 Å². The lowest BCUT2D eigenvalue weighted by atomic mass is 10.1. The molecule has 0 atom stereocenters. The van der Waals surface area contributed by atoms with Gasteiger partial charge in [-0.25, -0.2) is 4.39 Å². The smallest absolute Gasteiger partial charge is 0.255 e. The Morgan fingerprint density at radius 1 is 0.793 bits per heavy atom. The molecule has 5 nitrogen and oxygen atoms in total. The van der Waals surface area contributed by atoms with Crippen molar-refractivity contribution in [2.24, 2.45) is 0 Å². The molecule has 3 aromatic carbocycles. The molecule has 0 heterocycles. The molecule has 2 amide bonds. The molecular weight excluding hydrogens is 371 g/mol. The van der Waals surface area contributed by atoms with E-state index in [1.165, 1.54) is 24.3 Å². The van der Waals surface area contributed by atoms with Gasteiger partial charge in [0.2, 0.25) is 0 Å². The predicted octanol–water partition coefficient (Wildman–Crippen LogP) is 5.12. The summed E-state index contributed by atoms with van der Waals surface area (Å²) in [6.45, 7) is 3.86. The maximum atomic E-state index is 13.0. The number of amides is 2. The Morgan fingerprint density at radius 3 is 2.07 bits per heavy atom. The molecule has 0 bridgehead atoms. The first-order chi connectivity index (χ1) is 13.9. The number of hydrogen-bond acceptors (Lipinski definition) is 3. The van der Waals surface area contributed by atoms with Crippen LogP contribution in [0.5, 0.6) is 5.75 Å². The van der Waals surface area contributed by atoms with Crippen LogP contribution in [0.4, 0.5) is 15.8 Å². The molecule has 6 heteroatoms. The van der Waals surface area contributed by atoms with E-state index in [0.29, 0.717) is 28.3 Å². The molecule has 2 N–H and O–H groups in total. The quantitative estimate of drug-likeness (QED) is 0.612. The molecule has 0 saturated heterocycles. The van der Waals surface area contributed by atoms with Gasteiger partial charge in [-0.3, -0.25) is 9.59 Å². The topological polar surface area (TPSA) is 67.4 Å². The molecule has 0 unspecified atom stereocenters. The summed E-state index contributed by atoms with van der Waals surface area (Å²) in [5.74, 6) is -0.340. The highest BCUT2D eigenvalue weighted by Crippen LogP contribution is 2.17. The zero-order chi connectivity index (χ0) is 20.8. The number of anilines is 2. The second-order valence-electron chi connectivity index (χ2n) is 6.69. The first-order valence-electron chi connectivity index (χ1n) is 9.16. The van der Waals surface area contributed by atoms with Crippen LogP contribution in [0.25, 0.3) is 0 Å². The van der Waals surface area contributed by atoms with Gasteiger partial charge in [-0.05, 0) is 80.6 Å². The largest absolute Gasteiger partial charge is 0.491 e. The van der Waals surface area contributed by atoms with E-state index < -0.39 is 0 Å². The maximum absolute atomic E-state index is 13.0. The molecule has 0 aliphatic rings. The van der Waals surface area contributed by atoms with Crippen LogP contribution in [-0.2, 0) is 0 Å². The molecule has 0 spiro atoms. The van der Waals surface area contributed by atoms with Crippen LogP contribution in [0.3, 0.4) is 0 Å². The predicted molar refractivity (Wildman–Crippen MR) is 111 cm³/mol. The fourth-order valence-corrected chi connectivity index (χ4v) is 2.63. The van der Waals surface area contributed by atoms with E-state index in [0.717, 1.165) is 0 Å². The third kappa shape index (κ3) is 5.65. The molecular formula is C23H21FN2O3. The Bertz CT molecular complexity index is 999. The van der Waals surface area contributed by atoms with E-state index in [2.05, 4.69) is 10.6 Å². The van der Waals surface area contributed by atoms with Crippen LogP contribution in [-0.4, -0.2) is 17.9 Å². The fourth-order valence-electron chi connectivity index (χ4n) is 2.63. The summed E-state index contributed by atoms with van der Waals surface area (Å²) in [5.41, 5.74) is 1.81. The highest BCUT2D eigenvalue weighted by Gasteiger charge is 2.10. The summed E-state index contributed by atoms with van der Waals surface area (Å²) >= 11 is 0. The lowest BCUT2D eigenvalue weighted by molar-refractivity contribution is 0.101. The summed E-state index contributed by atoms with van der Waals surface area (Å²) in [4.78, 5) is 24.9. The van der Waals surface area contributed by atoms with E-state index in [1.54, 1.807) is 48.5 Å². The zero-order valence-electron chi connectivity index (χ0n) is 16.1. The third-order valence-corrected chi connectivity index (χ3v) is 3.97. The average Bonchev–Trinajstić information content (AvgIpc) is 2.70. The Kier molecular flexibility index (Phi) is 6.24. The van der Waals surface area contributed by atoms with Crippen molar-refractivity contribution in [3.63, 3.8) is 0 Å². The molecule has 3 aromatic rings. The Morgan fingerprint density at radius 2 is 1.41 bits per heavy atom. The minimum Gasteiger partial charge on any atom is -0.491 e. The number of nitrogens with one attached hydrogen (secondary N) is 2. The van der Waals surface area contributed by atoms with Gasteiger partial charge < -0.3 is 15.4 Å². The molecule has 0 aliphatic heterocycles. The van der Waals surface area contributed by atoms with Crippen molar-refractivity contribution in [1.29, 1.82) is 0 Å². The number of hydrogen-bond donors (Lipinski definition) is 2. The van der Waals surface area contributed by atoms with Gasteiger partial charge in [-0.1, -0.05) is 6.07 Å². The van der Waals surface area contributed by atoms with Gasteiger partial charge >= 0.3 is 0 Å². The van der Waals surface area contributed by atoms with Crippen molar-refractivity contribution in [2.45, 2.75) is 20.0 Å². The Balaban J connectivity index is 1.66. The van der Waals surface area contributed by atoms with E-state index in [4.69, 9.17) is 4.74 Å². The number of ether oxygens (including phenoxy) is 1. The van der Waals surface area contributed by atoms with Crippen LogP contribution in [0, 0.1) is 5.82 Å². The molecule has 0 radical (unpaired) electrons. The van der Waals surface area contributed by atoms with E-state index in [-0.39, 0.29) is 23.7 Å². The highest BCUT2D eigenvalue weighted by molar-refractivity contribution is 6.07. The summed E-state index contributed by atoms with van der Waals surface area (Å²) in [6, 6.07) is 18.9. The van der Waals surface area contributed by atoms with Gasteiger partial charge in [0.05, 0.1) is 6.10 Å². The minimum atomic E-state index is -0.378. The van der Waals surface area contributed by atoms with Crippen LogP contribution < -0.4 is 15.4 Å². The van der Waals surface area contributed by atoms with Crippen molar-refractivity contribution in [1.82, 2.24) is 0 Å². The number of carbonyl (C=O) groups is 2. The van der Waals surface area contributed by atoms with Gasteiger partial charge in [-0.15, -0.1) is 0 Å². The van der Waals surface area contributed by atoms with E-state index in [9.17, 15) is 14.0 Å². The first-order valence-corrected chi connectivity index (χ1v) is 9.16.